The van der Waals surface area contributed by atoms with Gasteiger partial charge in [-0.05, 0) is 24.3 Å². The Kier molecular flexibility index (Phi) is 5.35. The summed E-state index contributed by atoms with van der Waals surface area (Å²) in [6.07, 6.45) is 4.76. The largest absolute Gasteiger partial charge is 0.378 e. The van der Waals surface area contributed by atoms with Gasteiger partial charge < -0.3 is 15.0 Å². The van der Waals surface area contributed by atoms with Gasteiger partial charge in [0.1, 0.15) is 5.01 Å². The van der Waals surface area contributed by atoms with E-state index in [2.05, 4.69) is 10.3 Å². The van der Waals surface area contributed by atoms with Gasteiger partial charge in [0, 0.05) is 42.0 Å². The van der Waals surface area contributed by atoms with E-state index in [1.165, 1.54) is 17.4 Å². The van der Waals surface area contributed by atoms with Crippen molar-refractivity contribution in [2.45, 2.75) is 0 Å². The van der Waals surface area contributed by atoms with Crippen molar-refractivity contribution in [3.8, 4) is 0 Å². The van der Waals surface area contributed by atoms with E-state index in [1.807, 2.05) is 5.38 Å². The molecule has 124 valence electrons. The zero-order chi connectivity index (χ0) is 16.8. The summed E-state index contributed by atoms with van der Waals surface area (Å²) in [4.78, 5) is 30.2. The Labute approximate surface area is 143 Å². The van der Waals surface area contributed by atoms with Crippen LogP contribution in [-0.2, 0) is 9.53 Å². The number of amides is 2. The number of anilines is 1. The van der Waals surface area contributed by atoms with Crippen molar-refractivity contribution in [1.82, 2.24) is 9.88 Å². The quantitative estimate of drug-likeness (QED) is 0.865. The lowest BCUT2D eigenvalue weighted by atomic mass is 10.1. The molecule has 0 radical (unpaired) electrons. The van der Waals surface area contributed by atoms with Gasteiger partial charge in [-0.25, -0.2) is 4.98 Å². The highest BCUT2D eigenvalue weighted by Gasteiger charge is 2.18. The van der Waals surface area contributed by atoms with Crippen LogP contribution in [0.25, 0.3) is 6.08 Å². The van der Waals surface area contributed by atoms with Gasteiger partial charge in [-0.2, -0.15) is 0 Å². The minimum atomic E-state index is -0.263. The van der Waals surface area contributed by atoms with Crippen molar-refractivity contribution < 1.29 is 14.3 Å². The summed E-state index contributed by atoms with van der Waals surface area (Å²) >= 11 is 1.46. The van der Waals surface area contributed by atoms with E-state index in [0.717, 1.165) is 5.01 Å². The maximum absolute atomic E-state index is 12.5. The fourth-order valence-electron chi connectivity index (χ4n) is 2.33. The van der Waals surface area contributed by atoms with Crippen LogP contribution in [0.15, 0.2) is 41.9 Å². The SMILES string of the molecule is O=C(/C=C\c1nccs1)Nc1cccc(C(=O)N2CCOCC2)c1. The van der Waals surface area contributed by atoms with Crippen molar-refractivity contribution in [3.63, 3.8) is 0 Å². The molecule has 0 saturated carbocycles. The number of carbonyl (C=O) groups is 2. The van der Waals surface area contributed by atoms with Gasteiger partial charge in [-0.3, -0.25) is 9.59 Å². The van der Waals surface area contributed by atoms with Crippen LogP contribution < -0.4 is 5.32 Å². The third-order valence-electron chi connectivity index (χ3n) is 3.50. The average molecular weight is 343 g/mol. The second-order valence-electron chi connectivity index (χ2n) is 5.18. The summed E-state index contributed by atoms with van der Waals surface area (Å²) in [6.45, 7) is 2.30. The van der Waals surface area contributed by atoms with Crippen LogP contribution in [0, 0.1) is 0 Å². The third kappa shape index (κ3) is 4.27. The Bertz CT molecular complexity index is 737. The molecule has 0 unspecified atom stereocenters. The summed E-state index contributed by atoms with van der Waals surface area (Å²) in [5.74, 6) is -0.311. The Balaban J connectivity index is 1.64. The predicted octanol–water partition coefficient (Wildman–Crippen LogP) is 2.27. The Hall–Kier alpha value is -2.51. The fourth-order valence-corrected chi connectivity index (χ4v) is 2.86. The highest BCUT2D eigenvalue weighted by atomic mass is 32.1. The minimum Gasteiger partial charge on any atom is -0.378 e. The van der Waals surface area contributed by atoms with Crippen molar-refractivity contribution in [2.75, 3.05) is 31.6 Å². The van der Waals surface area contributed by atoms with Crippen molar-refractivity contribution in [2.24, 2.45) is 0 Å². The second kappa shape index (κ2) is 7.85. The van der Waals surface area contributed by atoms with Crippen LogP contribution in [0.4, 0.5) is 5.69 Å². The lowest BCUT2D eigenvalue weighted by Gasteiger charge is -2.27. The topological polar surface area (TPSA) is 71.5 Å². The number of aromatic nitrogens is 1. The standard InChI is InChI=1S/C17H17N3O3S/c21-15(4-5-16-18-6-11-24-16)19-14-3-1-2-13(12-14)17(22)20-7-9-23-10-8-20/h1-6,11-12H,7-10H2,(H,19,21)/b5-4-. The van der Waals surface area contributed by atoms with Crippen LogP contribution in [0.3, 0.4) is 0 Å². The van der Waals surface area contributed by atoms with Crippen LogP contribution >= 0.6 is 11.3 Å². The van der Waals surface area contributed by atoms with Gasteiger partial charge in [-0.15, -0.1) is 11.3 Å². The second-order valence-corrected chi connectivity index (χ2v) is 6.10. The monoisotopic (exact) mass is 343 g/mol. The summed E-state index contributed by atoms with van der Waals surface area (Å²) < 4.78 is 5.26. The first-order chi connectivity index (χ1) is 11.7. The molecule has 2 heterocycles. The molecule has 2 aromatic rings. The molecule has 1 fully saturated rings. The molecule has 0 aliphatic carbocycles. The Morgan fingerprint density at radius 1 is 1.29 bits per heavy atom. The number of rotatable bonds is 4. The van der Waals surface area contributed by atoms with E-state index in [9.17, 15) is 9.59 Å². The van der Waals surface area contributed by atoms with Crippen molar-refractivity contribution in [3.05, 3.63) is 52.5 Å². The first-order valence-corrected chi connectivity index (χ1v) is 8.46. The summed E-state index contributed by atoms with van der Waals surface area (Å²) in [5.41, 5.74) is 1.14. The van der Waals surface area contributed by atoms with Gasteiger partial charge in [0.2, 0.25) is 5.91 Å². The smallest absolute Gasteiger partial charge is 0.254 e. The van der Waals surface area contributed by atoms with Crippen molar-refractivity contribution >= 4 is 34.9 Å². The maximum atomic E-state index is 12.5. The number of hydrogen-bond acceptors (Lipinski definition) is 5. The number of benzene rings is 1. The van der Waals surface area contributed by atoms with Crippen LogP contribution in [0.5, 0.6) is 0 Å². The molecule has 0 spiro atoms. The molecule has 1 N–H and O–H groups in total. The van der Waals surface area contributed by atoms with E-state index in [4.69, 9.17) is 4.74 Å². The number of morpholine rings is 1. The fraction of sp³-hybridized carbons (Fsp3) is 0.235. The lowest BCUT2D eigenvalue weighted by Crippen LogP contribution is -2.40. The lowest BCUT2D eigenvalue weighted by molar-refractivity contribution is -0.111. The molecule has 1 aromatic heterocycles. The van der Waals surface area contributed by atoms with E-state index in [1.54, 1.807) is 41.4 Å². The summed E-state index contributed by atoms with van der Waals surface area (Å²) in [5, 5.41) is 5.37. The minimum absolute atomic E-state index is 0.0484. The zero-order valence-corrected chi connectivity index (χ0v) is 13.8. The normalized spacial score (nSPS) is 14.8. The summed E-state index contributed by atoms with van der Waals surface area (Å²) in [7, 11) is 0. The van der Waals surface area contributed by atoms with Gasteiger partial charge in [0.25, 0.3) is 5.91 Å². The first-order valence-electron chi connectivity index (χ1n) is 7.58. The molecule has 1 saturated heterocycles. The first kappa shape index (κ1) is 16.4. The number of nitrogens with one attached hydrogen (secondary N) is 1. The van der Waals surface area contributed by atoms with E-state index in [-0.39, 0.29) is 11.8 Å². The molecule has 1 aliphatic rings. The number of nitrogens with zero attached hydrogens (tertiary/aromatic N) is 2. The number of ether oxygens (including phenoxy) is 1. The summed E-state index contributed by atoms with van der Waals surface area (Å²) in [6, 6.07) is 6.95. The highest BCUT2D eigenvalue weighted by molar-refractivity contribution is 7.10. The van der Waals surface area contributed by atoms with Crippen molar-refractivity contribution in [1.29, 1.82) is 0 Å². The number of carbonyl (C=O) groups excluding carboxylic acids is 2. The Morgan fingerprint density at radius 2 is 2.12 bits per heavy atom. The average Bonchev–Trinajstić information content (AvgIpc) is 3.14. The number of thiazole rings is 1. The van der Waals surface area contributed by atoms with Gasteiger partial charge in [0.05, 0.1) is 13.2 Å². The molecule has 24 heavy (non-hydrogen) atoms. The van der Waals surface area contributed by atoms with Gasteiger partial charge in [-0.1, -0.05) is 6.07 Å². The van der Waals surface area contributed by atoms with Crippen LogP contribution in [-0.4, -0.2) is 48.0 Å². The molecule has 7 heteroatoms. The zero-order valence-electron chi connectivity index (χ0n) is 13.0. The van der Waals surface area contributed by atoms with Crippen LogP contribution in [0.1, 0.15) is 15.4 Å². The van der Waals surface area contributed by atoms with E-state index >= 15 is 0 Å². The van der Waals surface area contributed by atoms with E-state index in [0.29, 0.717) is 37.6 Å². The molecule has 3 rings (SSSR count). The van der Waals surface area contributed by atoms with Gasteiger partial charge >= 0.3 is 0 Å². The van der Waals surface area contributed by atoms with Crippen LogP contribution in [0.2, 0.25) is 0 Å². The molecular formula is C17H17N3O3S. The Morgan fingerprint density at radius 3 is 2.88 bits per heavy atom. The highest BCUT2D eigenvalue weighted by Crippen LogP contribution is 2.14. The van der Waals surface area contributed by atoms with E-state index < -0.39 is 0 Å². The molecule has 6 nitrogen and oxygen atoms in total. The molecule has 0 bridgehead atoms. The molecule has 1 aromatic carbocycles. The molecule has 0 atom stereocenters. The maximum Gasteiger partial charge on any atom is 0.254 e. The predicted molar refractivity (Wildman–Crippen MR) is 92.9 cm³/mol. The third-order valence-corrected chi connectivity index (χ3v) is 4.24. The number of hydrogen-bond donors (Lipinski definition) is 1. The molecular weight excluding hydrogens is 326 g/mol. The molecule has 2 amide bonds. The van der Waals surface area contributed by atoms with Gasteiger partial charge in [0.15, 0.2) is 0 Å². The molecule has 1 aliphatic heterocycles.